The van der Waals surface area contributed by atoms with Crippen LogP contribution in [-0.4, -0.2) is 46.9 Å². The minimum atomic E-state index is -0.834. The highest BCUT2D eigenvalue weighted by atomic mass is 16.4. The van der Waals surface area contributed by atoms with Crippen molar-refractivity contribution in [3.8, 4) is 0 Å². The van der Waals surface area contributed by atoms with Crippen molar-refractivity contribution in [1.82, 2.24) is 10.2 Å². The summed E-state index contributed by atoms with van der Waals surface area (Å²) in [6.45, 7) is 0.960. The molecule has 23 heavy (non-hydrogen) atoms. The number of hydrogen-bond acceptors (Lipinski definition) is 4. The van der Waals surface area contributed by atoms with Crippen molar-refractivity contribution in [2.45, 2.75) is 44.6 Å². The molecule has 1 aliphatic rings. The molecule has 0 bridgehead atoms. The zero-order chi connectivity index (χ0) is 16.7. The van der Waals surface area contributed by atoms with Crippen LogP contribution >= 0.6 is 0 Å². The van der Waals surface area contributed by atoms with Crippen LogP contribution in [0.25, 0.3) is 0 Å². The summed E-state index contributed by atoms with van der Waals surface area (Å²) in [5.74, 6) is -1.04. The summed E-state index contributed by atoms with van der Waals surface area (Å²) in [6.07, 6.45) is 5.07. The molecule has 0 aromatic carbocycles. The van der Waals surface area contributed by atoms with Crippen LogP contribution in [0.5, 0.6) is 0 Å². The monoisotopic (exact) mass is 322 g/mol. The number of furan rings is 1. The van der Waals surface area contributed by atoms with Gasteiger partial charge in [-0.15, -0.1) is 0 Å². The van der Waals surface area contributed by atoms with E-state index in [1.54, 1.807) is 17.0 Å². The van der Waals surface area contributed by atoms with Crippen molar-refractivity contribution in [2.75, 3.05) is 13.1 Å². The van der Waals surface area contributed by atoms with Gasteiger partial charge < -0.3 is 19.7 Å². The van der Waals surface area contributed by atoms with Crippen LogP contribution in [0, 0.1) is 0 Å². The van der Waals surface area contributed by atoms with Crippen LogP contribution in [0.15, 0.2) is 22.8 Å². The van der Waals surface area contributed by atoms with Crippen molar-refractivity contribution < 1.29 is 23.9 Å². The quantitative estimate of drug-likeness (QED) is 0.743. The molecule has 2 N–H and O–H groups in total. The Kier molecular flexibility index (Phi) is 6.19. The number of likely N-dealkylation sites (tertiary alicyclic amines) is 1. The van der Waals surface area contributed by atoms with E-state index < -0.39 is 12.0 Å². The van der Waals surface area contributed by atoms with Crippen molar-refractivity contribution in [3.05, 3.63) is 24.2 Å². The Balaban J connectivity index is 1.86. The van der Waals surface area contributed by atoms with Crippen molar-refractivity contribution >= 4 is 17.8 Å². The lowest BCUT2D eigenvalue weighted by Gasteiger charge is -2.34. The molecule has 1 aromatic rings. The van der Waals surface area contributed by atoms with Crippen molar-refractivity contribution in [1.29, 1.82) is 0 Å². The fourth-order valence-electron chi connectivity index (χ4n) is 2.72. The first-order chi connectivity index (χ1) is 11.1. The van der Waals surface area contributed by atoms with E-state index in [2.05, 4.69) is 5.32 Å². The summed E-state index contributed by atoms with van der Waals surface area (Å²) in [7, 11) is 0. The van der Waals surface area contributed by atoms with E-state index in [-0.39, 0.29) is 24.0 Å². The molecule has 1 aliphatic heterocycles. The van der Waals surface area contributed by atoms with Gasteiger partial charge >= 0.3 is 5.97 Å². The maximum Gasteiger partial charge on any atom is 0.303 e. The standard InChI is InChI=1S/C16H22N2O5/c19-14(20)8-1-3-9-17-15(21)12-6-2-4-10-18(12)16(22)13-7-5-11-23-13/h5,7,11-12H,1-4,6,8-10H2,(H,17,21)(H,19,20). The second kappa shape index (κ2) is 8.36. The smallest absolute Gasteiger partial charge is 0.303 e. The Morgan fingerprint density at radius 3 is 2.83 bits per heavy atom. The Morgan fingerprint density at radius 1 is 1.30 bits per heavy atom. The van der Waals surface area contributed by atoms with E-state index in [0.29, 0.717) is 32.4 Å². The van der Waals surface area contributed by atoms with Crippen molar-refractivity contribution in [3.63, 3.8) is 0 Å². The molecule has 1 saturated heterocycles. The van der Waals surface area contributed by atoms with Crippen LogP contribution in [0.1, 0.15) is 49.1 Å². The zero-order valence-corrected chi connectivity index (χ0v) is 13.0. The number of rotatable bonds is 7. The summed E-state index contributed by atoms with van der Waals surface area (Å²) in [6, 6.07) is 2.76. The number of piperidine rings is 1. The van der Waals surface area contributed by atoms with Gasteiger partial charge in [0.25, 0.3) is 5.91 Å². The number of nitrogens with zero attached hydrogens (tertiary/aromatic N) is 1. The average molecular weight is 322 g/mol. The van der Waals surface area contributed by atoms with Gasteiger partial charge in [-0.1, -0.05) is 0 Å². The van der Waals surface area contributed by atoms with Crippen LogP contribution in [0.2, 0.25) is 0 Å². The molecule has 1 unspecified atom stereocenters. The number of nitrogens with one attached hydrogen (secondary N) is 1. The SMILES string of the molecule is O=C(O)CCCCNC(=O)C1CCCCN1C(=O)c1ccco1. The Hall–Kier alpha value is -2.31. The Morgan fingerprint density at radius 2 is 2.13 bits per heavy atom. The molecule has 1 aromatic heterocycles. The lowest BCUT2D eigenvalue weighted by molar-refractivity contribution is -0.137. The van der Waals surface area contributed by atoms with Crippen LogP contribution in [0.3, 0.4) is 0 Å². The molecule has 2 heterocycles. The first-order valence-corrected chi connectivity index (χ1v) is 7.93. The average Bonchev–Trinajstić information content (AvgIpc) is 3.08. The molecule has 7 heteroatoms. The van der Waals surface area contributed by atoms with Gasteiger partial charge in [0.1, 0.15) is 6.04 Å². The molecule has 126 valence electrons. The second-order valence-electron chi connectivity index (χ2n) is 5.63. The van der Waals surface area contributed by atoms with E-state index in [1.807, 2.05) is 0 Å². The second-order valence-corrected chi connectivity index (χ2v) is 5.63. The molecule has 0 radical (unpaired) electrons. The number of carboxylic acid groups (broad SMARTS) is 1. The van der Waals surface area contributed by atoms with Crippen molar-refractivity contribution in [2.24, 2.45) is 0 Å². The fraction of sp³-hybridized carbons (Fsp3) is 0.562. The molecule has 0 spiro atoms. The van der Waals surface area contributed by atoms with E-state index in [9.17, 15) is 14.4 Å². The van der Waals surface area contributed by atoms with Gasteiger partial charge in [0.15, 0.2) is 5.76 Å². The molecule has 0 saturated carbocycles. The maximum absolute atomic E-state index is 12.4. The van der Waals surface area contributed by atoms with Crippen LogP contribution in [0.4, 0.5) is 0 Å². The van der Waals surface area contributed by atoms with Gasteiger partial charge in [-0.25, -0.2) is 0 Å². The Labute approximate surface area is 134 Å². The van der Waals surface area contributed by atoms with Gasteiger partial charge in [-0.05, 0) is 44.2 Å². The third-order valence-corrected chi connectivity index (χ3v) is 3.91. The van der Waals surface area contributed by atoms with Gasteiger partial charge in [0, 0.05) is 19.5 Å². The van der Waals surface area contributed by atoms with Gasteiger partial charge in [0.05, 0.1) is 6.26 Å². The lowest BCUT2D eigenvalue weighted by Crippen LogP contribution is -2.52. The number of carboxylic acids is 1. The molecule has 2 amide bonds. The third-order valence-electron chi connectivity index (χ3n) is 3.91. The van der Waals surface area contributed by atoms with Gasteiger partial charge in [-0.2, -0.15) is 0 Å². The largest absolute Gasteiger partial charge is 0.481 e. The zero-order valence-electron chi connectivity index (χ0n) is 13.0. The summed E-state index contributed by atoms with van der Waals surface area (Å²) in [5, 5.41) is 11.4. The highest BCUT2D eigenvalue weighted by molar-refractivity contribution is 5.95. The summed E-state index contributed by atoms with van der Waals surface area (Å²) < 4.78 is 5.13. The first-order valence-electron chi connectivity index (χ1n) is 7.93. The number of amides is 2. The third kappa shape index (κ3) is 4.84. The minimum Gasteiger partial charge on any atom is -0.481 e. The molecule has 1 fully saturated rings. The van der Waals surface area contributed by atoms with E-state index in [0.717, 1.165) is 12.8 Å². The van der Waals surface area contributed by atoms with E-state index >= 15 is 0 Å². The van der Waals surface area contributed by atoms with E-state index in [4.69, 9.17) is 9.52 Å². The van der Waals surface area contributed by atoms with Gasteiger partial charge in [0.2, 0.25) is 5.91 Å². The molecule has 1 atom stereocenters. The molecule has 2 rings (SSSR count). The maximum atomic E-state index is 12.4. The molecule has 0 aliphatic carbocycles. The summed E-state index contributed by atoms with van der Waals surface area (Å²) in [5.41, 5.74) is 0. The van der Waals surface area contributed by atoms with Crippen LogP contribution < -0.4 is 5.32 Å². The highest BCUT2D eigenvalue weighted by Crippen LogP contribution is 2.20. The number of carbonyl (C=O) groups excluding carboxylic acids is 2. The predicted molar refractivity (Wildman–Crippen MR) is 81.9 cm³/mol. The predicted octanol–water partition coefficient (Wildman–Crippen LogP) is 1.65. The first kappa shape index (κ1) is 17.1. The fourth-order valence-corrected chi connectivity index (χ4v) is 2.72. The molecular weight excluding hydrogens is 300 g/mol. The number of carbonyl (C=O) groups is 3. The number of unbranched alkanes of at least 4 members (excludes halogenated alkanes) is 1. The van der Waals surface area contributed by atoms with Crippen LogP contribution in [-0.2, 0) is 9.59 Å². The number of hydrogen-bond donors (Lipinski definition) is 2. The molecule has 7 nitrogen and oxygen atoms in total. The van der Waals surface area contributed by atoms with E-state index in [1.165, 1.54) is 6.26 Å². The molecular formula is C16H22N2O5. The summed E-state index contributed by atoms with van der Waals surface area (Å²) >= 11 is 0. The summed E-state index contributed by atoms with van der Waals surface area (Å²) in [4.78, 5) is 36.7. The van der Waals surface area contributed by atoms with Gasteiger partial charge in [-0.3, -0.25) is 14.4 Å². The number of aliphatic carboxylic acids is 1. The normalized spacial score (nSPS) is 17.7. The minimum absolute atomic E-state index is 0.0996. The highest BCUT2D eigenvalue weighted by Gasteiger charge is 2.33. The lowest BCUT2D eigenvalue weighted by atomic mass is 10.0. The topological polar surface area (TPSA) is 99.9 Å². The Bertz CT molecular complexity index is 541.